The summed E-state index contributed by atoms with van der Waals surface area (Å²) >= 11 is 0. The average molecular weight is 275 g/mol. The molecule has 0 aliphatic heterocycles. The zero-order chi connectivity index (χ0) is 14.7. The molecule has 2 rings (SSSR count). The highest BCUT2D eigenvalue weighted by Gasteiger charge is 2.22. The number of H-pyrrole nitrogens is 1. The van der Waals surface area contributed by atoms with Crippen LogP contribution < -0.4 is 11.5 Å². The van der Waals surface area contributed by atoms with E-state index in [2.05, 4.69) is 4.98 Å². The zero-order valence-corrected chi connectivity index (χ0v) is 10.9. The molecule has 1 unspecified atom stereocenters. The number of carboxylic acids is 1. The van der Waals surface area contributed by atoms with Crippen LogP contribution in [0, 0.1) is 0 Å². The number of carbonyl (C=O) groups is 2. The maximum Gasteiger partial charge on any atom is 0.320 e. The van der Waals surface area contributed by atoms with Crippen LogP contribution in [-0.2, 0) is 16.0 Å². The smallest absolute Gasteiger partial charge is 0.320 e. The molecule has 1 aromatic carbocycles. The van der Waals surface area contributed by atoms with Crippen LogP contribution in [0.15, 0.2) is 30.5 Å². The molecule has 6 heteroatoms. The van der Waals surface area contributed by atoms with Crippen LogP contribution in [0.1, 0.15) is 12.0 Å². The number of aromatic amines is 1. The topological polar surface area (TPSA) is 122 Å². The van der Waals surface area contributed by atoms with E-state index in [9.17, 15) is 9.59 Å². The lowest BCUT2D eigenvalue weighted by molar-refractivity contribution is -0.140. The molecule has 0 saturated carbocycles. The lowest BCUT2D eigenvalue weighted by Crippen LogP contribution is -2.40. The number of nitrogens with two attached hydrogens (primary N) is 2. The Bertz CT molecular complexity index is 635. The SMILES string of the molecule is NC(Cc1c[nH]c2ccccc12)C(=O)C[C@@H](N)C(=O)O. The van der Waals surface area contributed by atoms with Gasteiger partial charge in [0.1, 0.15) is 6.04 Å². The summed E-state index contributed by atoms with van der Waals surface area (Å²) in [6.45, 7) is 0. The van der Waals surface area contributed by atoms with Crippen LogP contribution >= 0.6 is 0 Å². The van der Waals surface area contributed by atoms with Gasteiger partial charge in [-0.3, -0.25) is 9.59 Å². The first kappa shape index (κ1) is 14.2. The van der Waals surface area contributed by atoms with Crippen molar-refractivity contribution in [1.29, 1.82) is 0 Å². The quantitative estimate of drug-likeness (QED) is 0.608. The van der Waals surface area contributed by atoms with E-state index in [1.54, 1.807) is 0 Å². The molecule has 0 aliphatic carbocycles. The summed E-state index contributed by atoms with van der Waals surface area (Å²) in [6, 6.07) is 5.76. The Balaban J connectivity index is 2.06. The van der Waals surface area contributed by atoms with Crippen molar-refractivity contribution in [2.45, 2.75) is 24.9 Å². The zero-order valence-electron chi connectivity index (χ0n) is 10.9. The number of nitrogens with one attached hydrogen (secondary N) is 1. The highest BCUT2D eigenvalue weighted by atomic mass is 16.4. The van der Waals surface area contributed by atoms with Crippen LogP contribution in [0.25, 0.3) is 10.9 Å². The van der Waals surface area contributed by atoms with E-state index < -0.39 is 18.1 Å². The van der Waals surface area contributed by atoms with Gasteiger partial charge in [-0.25, -0.2) is 0 Å². The average Bonchev–Trinajstić information content (AvgIpc) is 2.82. The number of rotatable bonds is 6. The summed E-state index contributed by atoms with van der Waals surface area (Å²) in [5.74, 6) is -1.54. The largest absolute Gasteiger partial charge is 0.480 e. The van der Waals surface area contributed by atoms with Gasteiger partial charge < -0.3 is 21.6 Å². The van der Waals surface area contributed by atoms with E-state index in [4.69, 9.17) is 16.6 Å². The van der Waals surface area contributed by atoms with Gasteiger partial charge in [-0.1, -0.05) is 18.2 Å². The normalized spacial score (nSPS) is 14.1. The minimum Gasteiger partial charge on any atom is -0.480 e. The lowest BCUT2D eigenvalue weighted by Gasteiger charge is -2.12. The first-order chi connectivity index (χ1) is 9.49. The number of hydrogen-bond acceptors (Lipinski definition) is 4. The fraction of sp³-hybridized carbons (Fsp3) is 0.286. The summed E-state index contributed by atoms with van der Waals surface area (Å²) in [6.07, 6.45) is 1.92. The summed E-state index contributed by atoms with van der Waals surface area (Å²) < 4.78 is 0. The molecular formula is C14H17N3O3. The van der Waals surface area contributed by atoms with Gasteiger partial charge in [-0.15, -0.1) is 0 Å². The fourth-order valence-corrected chi connectivity index (χ4v) is 2.11. The van der Waals surface area contributed by atoms with E-state index >= 15 is 0 Å². The predicted octanol–water partition coefficient (Wildman–Crippen LogP) is 0.409. The molecule has 0 saturated heterocycles. The maximum absolute atomic E-state index is 11.8. The molecule has 1 aromatic heterocycles. The number of para-hydroxylation sites is 1. The van der Waals surface area contributed by atoms with Crippen molar-refractivity contribution in [3.63, 3.8) is 0 Å². The molecule has 6 nitrogen and oxygen atoms in total. The van der Waals surface area contributed by atoms with Crippen LogP contribution in [0.3, 0.4) is 0 Å². The van der Waals surface area contributed by atoms with Gasteiger partial charge in [0.25, 0.3) is 0 Å². The monoisotopic (exact) mass is 275 g/mol. The second-order valence-corrected chi connectivity index (χ2v) is 4.79. The van der Waals surface area contributed by atoms with Crippen LogP contribution in [-0.4, -0.2) is 33.9 Å². The summed E-state index contributed by atoms with van der Waals surface area (Å²) in [5.41, 5.74) is 13.1. The molecule has 0 aliphatic rings. The third-order valence-corrected chi connectivity index (χ3v) is 3.27. The van der Waals surface area contributed by atoms with Crippen molar-refractivity contribution >= 4 is 22.7 Å². The summed E-state index contributed by atoms with van der Waals surface area (Å²) in [5, 5.41) is 9.70. The van der Waals surface area contributed by atoms with E-state index in [0.717, 1.165) is 16.5 Å². The van der Waals surface area contributed by atoms with Gasteiger partial charge >= 0.3 is 5.97 Å². The second kappa shape index (κ2) is 5.85. The number of fused-ring (bicyclic) bond motifs is 1. The van der Waals surface area contributed by atoms with Crippen molar-refractivity contribution < 1.29 is 14.7 Å². The highest BCUT2D eigenvalue weighted by Crippen LogP contribution is 2.19. The summed E-state index contributed by atoms with van der Waals surface area (Å²) in [4.78, 5) is 25.6. The number of Topliss-reactive ketones (excluding diaryl/α,β-unsaturated/α-hetero) is 1. The Morgan fingerprint density at radius 1 is 1.20 bits per heavy atom. The van der Waals surface area contributed by atoms with E-state index in [1.807, 2.05) is 30.5 Å². The molecule has 0 fully saturated rings. The first-order valence-corrected chi connectivity index (χ1v) is 6.30. The van der Waals surface area contributed by atoms with Gasteiger partial charge in [0.05, 0.1) is 6.04 Å². The lowest BCUT2D eigenvalue weighted by atomic mass is 9.99. The molecule has 0 amide bonds. The fourth-order valence-electron chi connectivity index (χ4n) is 2.11. The van der Waals surface area contributed by atoms with Crippen molar-refractivity contribution in [2.24, 2.45) is 11.5 Å². The predicted molar refractivity (Wildman–Crippen MR) is 75.2 cm³/mol. The Hall–Kier alpha value is -2.18. The first-order valence-electron chi connectivity index (χ1n) is 6.30. The van der Waals surface area contributed by atoms with Crippen LogP contribution in [0.2, 0.25) is 0 Å². The number of benzene rings is 1. The molecule has 6 N–H and O–H groups in total. The Labute approximate surface area is 115 Å². The number of aromatic nitrogens is 1. The third kappa shape index (κ3) is 3.04. The van der Waals surface area contributed by atoms with Crippen molar-refractivity contribution in [3.8, 4) is 0 Å². The number of aliphatic carboxylic acids is 1. The molecule has 0 radical (unpaired) electrons. The van der Waals surface area contributed by atoms with Gasteiger partial charge in [-0.05, 0) is 18.1 Å². The molecular weight excluding hydrogens is 258 g/mol. The third-order valence-electron chi connectivity index (χ3n) is 3.27. The minimum absolute atomic E-state index is 0.251. The van der Waals surface area contributed by atoms with Gasteiger partial charge in [-0.2, -0.15) is 0 Å². The van der Waals surface area contributed by atoms with E-state index in [1.165, 1.54) is 0 Å². The van der Waals surface area contributed by atoms with Gasteiger partial charge in [0.15, 0.2) is 5.78 Å². The Kier molecular flexibility index (Phi) is 4.16. The van der Waals surface area contributed by atoms with Crippen LogP contribution in [0.4, 0.5) is 0 Å². The highest BCUT2D eigenvalue weighted by molar-refractivity contribution is 5.90. The molecule has 0 spiro atoms. The molecule has 106 valence electrons. The minimum atomic E-state index is -1.20. The van der Waals surface area contributed by atoms with Gasteiger partial charge in [0.2, 0.25) is 0 Å². The number of carboxylic acid groups (broad SMARTS) is 1. The van der Waals surface area contributed by atoms with Crippen LogP contribution in [0.5, 0.6) is 0 Å². The van der Waals surface area contributed by atoms with E-state index in [0.29, 0.717) is 6.42 Å². The molecule has 2 aromatic rings. The Morgan fingerprint density at radius 3 is 2.60 bits per heavy atom. The standard InChI is InChI=1S/C14H17N3O3/c15-10(13(18)6-11(16)14(19)20)5-8-7-17-12-4-2-1-3-9(8)12/h1-4,7,10-11,17H,5-6,15-16H2,(H,19,20)/t10?,11-/m1/s1. The second-order valence-electron chi connectivity index (χ2n) is 4.79. The molecule has 20 heavy (non-hydrogen) atoms. The van der Waals surface area contributed by atoms with Crippen molar-refractivity contribution in [1.82, 2.24) is 4.98 Å². The Morgan fingerprint density at radius 2 is 1.90 bits per heavy atom. The van der Waals surface area contributed by atoms with Gasteiger partial charge in [0, 0.05) is 23.5 Å². The summed E-state index contributed by atoms with van der Waals surface area (Å²) in [7, 11) is 0. The molecule has 1 heterocycles. The molecule has 0 bridgehead atoms. The maximum atomic E-state index is 11.8. The molecule has 2 atom stereocenters. The van der Waals surface area contributed by atoms with E-state index in [-0.39, 0.29) is 12.2 Å². The number of carbonyl (C=O) groups excluding carboxylic acids is 1. The number of ketones is 1. The van der Waals surface area contributed by atoms with Crippen molar-refractivity contribution in [2.75, 3.05) is 0 Å². The van der Waals surface area contributed by atoms with Crippen molar-refractivity contribution in [3.05, 3.63) is 36.0 Å². The number of hydrogen-bond donors (Lipinski definition) is 4.